The molecule has 160 valence electrons. The lowest BCUT2D eigenvalue weighted by Crippen LogP contribution is -2.55. The molecule has 7 heteroatoms. The van der Waals surface area contributed by atoms with Crippen molar-refractivity contribution in [2.45, 2.75) is 75.5 Å². The predicted molar refractivity (Wildman–Crippen MR) is 106 cm³/mol. The molecule has 0 aromatic heterocycles. The second-order valence-corrected chi connectivity index (χ2v) is 8.55. The number of ether oxygens (including phenoxy) is 2. The smallest absolute Gasteiger partial charge is 0.222 e. The Kier molecular flexibility index (Phi) is 6.80. The van der Waals surface area contributed by atoms with Crippen LogP contribution >= 0.6 is 0 Å². The number of benzene rings is 1. The van der Waals surface area contributed by atoms with Crippen LogP contribution in [0.15, 0.2) is 24.3 Å². The first-order valence-corrected chi connectivity index (χ1v) is 10.8. The van der Waals surface area contributed by atoms with E-state index in [1.807, 2.05) is 6.07 Å². The predicted octanol–water partition coefficient (Wildman–Crippen LogP) is 1.99. The molecule has 2 saturated heterocycles. The Morgan fingerprint density at radius 2 is 2.03 bits per heavy atom. The van der Waals surface area contributed by atoms with Crippen molar-refractivity contribution >= 4 is 5.91 Å². The summed E-state index contributed by atoms with van der Waals surface area (Å²) in [4.78, 5) is 14.4. The van der Waals surface area contributed by atoms with E-state index >= 15 is 0 Å². The molecule has 2 heterocycles. The second kappa shape index (κ2) is 9.51. The third kappa shape index (κ3) is 5.34. The third-order valence-corrected chi connectivity index (χ3v) is 6.30. The van der Waals surface area contributed by atoms with E-state index in [1.165, 1.54) is 12.5 Å². The van der Waals surface area contributed by atoms with Crippen LogP contribution < -0.4 is 5.32 Å². The van der Waals surface area contributed by atoms with Gasteiger partial charge in [0, 0.05) is 30.7 Å². The van der Waals surface area contributed by atoms with Crippen LogP contribution in [0.3, 0.4) is 0 Å². The largest absolute Gasteiger partial charge is 0.389 e. The summed E-state index contributed by atoms with van der Waals surface area (Å²) in [7, 11) is 0. The van der Waals surface area contributed by atoms with Gasteiger partial charge in [-0.3, -0.25) is 9.69 Å². The quantitative estimate of drug-likeness (QED) is 0.783. The van der Waals surface area contributed by atoms with Crippen molar-refractivity contribution in [3.8, 4) is 0 Å². The molecular weight excluding hydrogens is 375 g/mol. The molecule has 29 heavy (non-hydrogen) atoms. The zero-order valence-electron chi connectivity index (χ0n) is 16.8. The number of amides is 1. The number of halogens is 1. The highest BCUT2D eigenvalue weighted by atomic mass is 19.1. The fourth-order valence-corrected chi connectivity index (χ4v) is 4.52. The maximum absolute atomic E-state index is 14.2. The Hall–Kier alpha value is -1.54. The van der Waals surface area contributed by atoms with E-state index in [0.717, 1.165) is 25.7 Å². The van der Waals surface area contributed by atoms with Gasteiger partial charge in [-0.25, -0.2) is 4.39 Å². The van der Waals surface area contributed by atoms with E-state index in [2.05, 4.69) is 10.2 Å². The molecule has 1 aliphatic carbocycles. The molecule has 0 bridgehead atoms. The molecule has 3 fully saturated rings. The summed E-state index contributed by atoms with van der Waals surface area (Å²) in [6.07, 6.45) is 4.37. The lowest BCUT2D eigenvalue weighted by atomic mass is 9.92. The number of nitrogens with zero attached hydrogens (tertiary/aromatic N) is 1. The molecule has 1 amide bonds. The van der Waals surface area contributed by atoms with Crippen LogP contribution in [-0.4, -0.2) is 66.1 Å². The van der Waals surface area contributed by atoms with Crippen molar-refractivity contribution in [3.63, 3.8) is 0 Å². The number of nitrogens with one attached hydrogen (secondary N) is 1. The summed E-state index contributed by atoms with van der Waals surface area (Å²) in [6.45, 7) is 1.43. The Labute approximate surface area is 171 Å². The number of rotatable bonds is 5. The summed E-state index contributed by atoms with van der Waals surface area (Å²) in [5, 5.41) is 13.3. The van der Waals surface area contributed by atoms with E-state index < -0.39 is 6.10 Å². The number of hydrogen-bond donors (Lipinski definition) is 2. The van der Waals surface area contributed by atoms with Crippen LogP contribution in [-0.2, 0) is 20.8 Å². The molecule has 2 aliphatic heterocycles. The van der Waals surface area contributed by atoms with E-state index in [9.17, 15) is 14.3 Å². The zero-order valence-corrected chi connectivity index (χ0v) is 16.8. The maximum Gasteiger partial charge on any atom is 0.222 e. The zero-order chi connectivity index (χ0) is 20.2. The summed E-state index contributed by atoms with van der Waals surface area (Å²) < 4.78 is 26.1. The van der Waals surface area contributed by atoms with Crippen molar-refractivity contribution in [2.75, 3.05) is 19.8 Å². The van der Waals surface area contributed by atoms with Gasteiger partial charge in [0.2, 0.25) is 5.91 Å². The first-order valence-electron chi connectivity index (χ1n) is 10.8. The van der Waals surface area contributed by atoms with Crippen molar-refractivity contribution in [3.05, 3.63) is 35.6 Å². The van der Waals surface area contributed by atoms with Gasteiger partial charge in [0.05, 0.1) is 37.9 Å². The average Bonchev–Trinajstić information content (AvgIpc) is 2.65. The van der Waals surface area contributed by atoms with Crippen molar-refractivity contribution < 1.29 is 23.8 Å². The number of carbonyl (C=O) groups excluding carboxylic acids is 1. The lowest BCUT2D eigenvalue weighted by Gasteiger charge is -2.44. The number of β-amino-alcohol motifs (C(OH)–C–C–N with tert-alkyl or cyclic N) is 1. The lowest BCUT2D eigenvalue weighted by molar-refractivity contribution is -0.158. The van der Waals surface area contributed by atoms with E-state index in [-0.39, 0.29) is 36.6 Å². The minimum absolute atomic E-state index is 0.0236. The summed E-state index contributed by atoms with van der Waals surface area (Å²) in [5.41, 5.74) is 0.613. The number of hydrogen-bond acceptors (Lipinski definition) is 5. The summed E-state index contributed by atoms with van der Waals surface area (Å²) >= 11 is 0. The number of fused-ring (bicyclic) bond motifs is 1. The van der Waals surface area contributed by atoms with E-state index in [4.69, 9.17) is 9.47 Å². The summed E-state index contributed by atoms with van der Waals surface area (Å²) in [6, 6.07) is 7.11. The van der Waals surface area contributed by atoms with Gasteiger partial charge in [-0.2, -0.15) is 0 Å². The number of aliphatic hydroxyl groups excluding tert-OH is 1. The Bertz CT molecular complexity index is 699. The van der Waals surface area contributed by atoms with Gasteiger partial charge in [-0.05, 0) is 38.2 Å². The molecule has 1 saturated carbocycles. The normalized spacial score (nSPS) is 31.2. The molecule has 4 rings (SSSR count). The highest BCUT2D eigenvalue weighted by Crippen LogP contribution is 2.29. The highest BCUT2D eigenvalue weighted by molar-refractivity contribution is 5.76. The van der Waals surface area contributed by atoms with Crippen LogP contribution in [0, 0.1) is 5.82 Å². The molecule has 1 aromatic carbocycles. The van der Waals surface area contributed by atoms with Crippen LogP contribution in [0.1, 0.15) is 44.1 Å². The van der Waals surface area contributed by atoms with E-state index in [0.29, 0.717) is 37.7 Å². The van der Waals surface area contributed by atoms with Crippen LogP contribution in [0.2, 0.25) is 0 Å². The average molecular weight is 406 g/mol. The van der Waals surface area contributed by atoms with Gasteiger partial charge in [0.25, 0.3) is 0 Å². The topological polar surface area (TPSA) is 71.0 Å². The molecule has 0 spiro atoms. The first kappa shape index (κ1) is 20.7. The molecule has 2 N–H and O–H groups in total. The molecule has 1 aromatic rings. The van der Waals surface area contributed by atoms with Crippen molar-refractivity contribution in [2.24, 2.45) is 0 Å². The van der Waals surface area contributed by atoms with Gasteiger partial charge in [-0.15, -0.1) is 0 Å². The monoisotopic (exact) mass is 406 g/mol. The molecule has 0 radical (unpaired) electrons. The second-order valence-electron chi connectivity index (χ2n) is 8.55. The van der Waals surface area contributed by atoms with Gasteiger partial charge >= 0.3 is 0 Å². The Balaban J connectivity index is 1.40. The molecule has 4 atom stereocenters. The van der Waals surface area contributed by atoms with Gasteiger partial charge in [0.15, 0.2) is 0 Å². The first-order chi connectivity index (χ1) is 14.1. The van der Waals surface area contributed by atoms with Crippen LogP contribution in [0.25, 0.3) is 0 Å². The van der Waals surface area contributed by atoms with Crippen molar-refractivity contribution in [1.29, 1.82) is 0 Å². The van der Waals surface area contributed by atoms with Gasteiger partial charge < -0.3 is 19.9 Å². The fourth-order valence-electron chi connectivity index (χ4n) is 4.52. The SMILES string of the molecule is O=C(C[C@H]1CC[C@H]2[C@@H](COC[C@@H](O)CN2Cc2ccccc2F)O1)NC1CCC1. The number of aliphatic hydroxyl groups is 1. The number of carbonyl (C=O) groups is 1. The Morgan fingerprint density at radius 1 is 1.21 bits per heavy atom. The van der Waals surface area contributed by atoms with Gasteiger partial charge in [-0.1, -0.05) is 18.2 Å². The molecule has 3 aliphatic rings. The highest BCUT2D eigenvalue weighted by Gasteiger charge is 2.38. The van der Waals surface area contributed by atoms with Crippen molar-refractivity contribution in [1.82, 2.24) is 10.2 Å². The molecule has 6 nitrogen and oxygen atoms in total. The third-order valence-electron chi connectivity index (χ3n) is 6.30. The van der Waals surface area contributed by atoms with Gasteiger partial charge in [0.1, 0.15) is 5.82 Å². The standard InChI is InChI=1S/C22H31FN2O4/c23-19-7-2-1-4-15(19)11-25-12-17(26)13-28-14-21-20(25)9-8-18(29-21)10-22(27)24-16-5-3-6-16/h1-2,4,7,16-18,20-21,26H,3,5-6,8-14H2,(H,24,27)/t17-,18+,20-,21+/m0/s1. The van der Waals surface area contributed by atoms with Crippen LogP contribution in [0.4, 0.5) is 4.39 Å². The molecule has 0 unspecified atom stereocenters. The Morgan fingerprint density at radius 3 is 2.79 bits per heavy atom. The molecular formula is C22H31FN2O4. The fraction of sp³-hybridized carbons (Fsp3) is 0.682. The van der Waals surface area contributed by atoms with E-state index in [1.54, 1.807) is 12.1 Å². The van der Waals surface area contributed by atoms with Crippen LogP contribution in [0.5, 0.6) is 0 Å². The minimum atomic E-state index is -0.617. The minimum Gasteiger partial charge on any atom is -0.389 e. The maximum atomic E-state index is 14.2. The summed E-state index contributed by atoms with van der Waals surface area (Å²) in [5.74, 6) is -0.178.